The summed E-state index contributed by atoms with van der Waals surface area (Å²) in [7, 11) is 1.86. The van der Waals surface area contributed by atoms with Crippen LogP contribution in [0.15, 0.2) is 15.2 Å². The molecule has 5 nitrogen and oxygen atoms in total. The monoisotopic (exact) mass is 299 g/mol. The average molecular weight is 300 g/mol. The van der Waals surface area contributed by atoms with Crippen LogP contribution in [-0.2, 0) is 13.5 Å². The van der Waals surface area contributed by atoms with E-state index in [4.69, 9.17) is 4.42 Å². The maximum atomic E-state index is 10.1. The molecule has 2 aromatic rings. The first-order valence-corrected chi connectivity index (χ1v) is 6.06. The Morgan fingerprint density at radius 2 is 2.24 bits per heavy atom. The number of aliphatic hydroxyl groups is 1. The lowest BCUT2D eigenvalue weighted by Crippen LogP contribution is -2.07. The molecule has 6 heteroatoms. The van der Waals surface area contributed by atoms with E-state index in [9.17, 15) is 5.11 Å². The summed E-state index contributed by atoms with van der Waals surface area (Å²) in [6, 6.07) is 0. The molecule has 0 amide bonds. The van der Waals surface area contributed by atoms with E-state index >= 15 is 0 Å². The number of aryl methyl sites for hydroxylation is 3. The van der Waals surface area contributed by atoms with Crippen molar-refractivity contribution in [3.8, 4) is 0 Å². The molecule has 0 aliphatic heterocycles. The quantitative estimate of drug-likeness (QED) is 0.942. The summed E-state index contributed by atoms with van der Waals surface area (Å²) in [4.78, 5) is 4.11. The number of aromatic nitrogens is 3. The predicted molar refractivity (Wildman–Crippen MR) is 65.5 cm³/mol. The maximum absolute atomic E-state index is 10.1. The molecule has 0 spiro atoms. The lowest BCUT2D eigenvalue weighted by Gasteiger charge is -2.08. The minimum atomic E-state index is -0.682. The van der Waals surface area contributed by atoms with Crippen molar-refractivity contribution in [2.45, 2.75) is 26.4 Å². The summed E-state index contributed by atoms with van der Waals surface area (Å²) in [6.45, 7) is 3.67. The molecule has 17 heavy (non-hydrogen) atoms. The highest BCUT2D eigenvalue weighted by Crippen LogP contribution is 2.25. The Hall–Kier alpha value is -1.14. The second kappa shape index (κ2) is 4.62. The summed E-state index contributed by atoms with van der Waals surface area (Å²) in [5.74, 6) is 0.555. The minimum absolute atomic E-state index is 0.448. The number of rotatable bonds is 3. The third-order valence-corrected chi connectivity index (χ3v) is 3.66. The van der Waals surface area contributed by atoms with Gasteiger partial charge in [0, 0.05) is 20.4 Å². The van der Waals surface area contributed by atoms with Gasteiger partial charge in [-0.3, -0.25) is 4.68 Å². The predicted octanol–water partition coefficient (Wildman–Crippen LogP) is 2.06. The summed E-state index contributed by atoms with van der Waals surface area (Å²) >= 11 is 3.47. The van der Waals surface area contributed by atoms with Crippen LogP contribution in [0.4, 0.5) is 0 Å². The Morgan fingerprint density at radius 1 is 1.53 bits per heavy atom. The van der Waals surface area contributed by atoms with Gasteiger partial charge in [-0.05, 0) is 22.9 Å². The molecule has 2 rings (SSSR count). The fraction of sp³-hybridized carbons (Fsp3) is 0.455. The Balaban J connectivity index is 2.21. The standard InChI is InChI=1S/C11H14BrN3O2/c1-6-11(12)9(15(3)14-6)4-10(16)8-5-17-7(2)13-8/h5,10,16H,4H2,1-3H3. The highest BCUT2D eigenvalue weighted by Gasteiger charge is 2.18. The van der Waals surface area contributed by atoms with Crippen LogP contribution in [-0.4, -0.2) is 19.9 Å². The van der Waals surface area contributed by atoms with Gasteiger partial charge in [-0.2, -0.15) is 5.10 Å². The summed E-state index contributed by atoms with van der Waals surface area (Å²) in [5, 5.41) is 14.3. The van der Waals surface area contributed by atoms with Gasteiger partial charge in [-0.1, -0.05) is 0 Å². The van der Waals surface area contributed by atoms with Crippen molar-refractivity contribution in [1.82, 2.24) is 14.8 Å². The van der Waals surface area contributed by atoms with Gasteiger partial charge in [-0.25, -0.2) is 4.98 Å². The first kappa shape index (κ1) is 12.3. The van der Waals surface area contributed by atoms with Gasteiger partial charge < -0.3 is 9.52 Å². The normalized spacial score (nSPS) is 13.0. The van der Waals surface area contributed by atoms with Crippen LogP contribution in [0.25, 0.3) is 0 Å². The molecule has 0 radical (unpaired) electrons. The van der Waals surface area contributed by atoms with Crippen molar-refractivity contribution in [1.29, 1.82) is 0 Å². The van der Waals surface area contributed by atoms with E-state index in [2.05, 4.69) is 26.0 Å². The lowest BCUT2D eigenvalue weighted by molar-refractivity contribution is 0.170. The number of halogens is 1. The Kier molecular flexibility index (Phi) is 3.35. The van der Waals surface area contributed by atoms with Gasteiger partial charge in [0.15, 0.2) is 5.89 Å². The van der Waals surface area contributed by atoms with Crippen molar-refractivity contribution in [3.63, 3.8) is 0 Å². The van der Waals surface area contributed by atoms with Gasteiger partial charge in [0.25, 0.3) is 0 Å². The van der Waals surface area contributed by atoms with Crippen LogP contribution in [0.2, 0.25) is 0 Å². The minimum Gasteiger partial charge on any atom is -0.449 e. The Labute approximate surface area is 108 Å². The fourth-order valence-corrected chi connectivity index (χ4v) is 2.22. The van der Waals surface area contributed by atoms with E-state index in [0.717, 1.165) is 15.9 Å². The van der Waals surface area contributed by atoms with Crippen LogP contribution in [0.5, 0.6) is 0 Å². The smallest absolute Gasteiger partial charge is 0.191 e. The van der Waals surface area contributed by atoms with Crippen LogP contribution in [0, 0.1) is 13.8 Å². The molecule has 1 atom stereocenters. The topological polar surface area (TPSA) is 64.1 Å². The SMILES string of the molecule is Cc1nc(C(O)Cc2c(Br)c(C)nn2C)co1. The first-order valence-electron chi connectivity index (χ1n) is 5.27. The van der Waals surface area contributed by atoms with Crippen LogP contribution < -0.4 is 0 Å². The number of hydrogen-bond donors (Lipinski definition) is 1. The second-order valence-electron chi connectivity index (χ2n) is 3.98. The lowest BCUT2D eigenvalue weighted by atomic mass is 10.1. The largest absolute Gasteiger partial charge is 0.449 e. The number of hydrogen-bond acceptors (Lipinski definition) is 4. The Morgan fingerprint density at radius 3 is 2.71 bits per heavy atom. The van der Waals surface area contributed by atoms with Gasteiger partial charge in [0.1, 0.15) is 18.1 Å². The zero-order valence-electron chi connectivity index (χ0n) is 9.94. The van der Waals surface area contributed by atoms with Crippen molar-refractivity contribution in [3.05, 3.63) is 33.7 Å². The molecule has 2 heterocycles. The van der Waals surface area contributed by atoms with Gasteiger partial charge in [0.2, 0.25) is 0 Å². The maximum Gasteiger partial charge on any atom is 0.191 e. The molecule has 0 bridgehead atoms. The van der Waals surface area contributed by atoms with E-state index < -0.39 is 6.10 Å². The highest BCUT2D eigenvalue weighted by atomic mass is 79.9. The van der Waals surface area contributed by atoms with E-state index in [0.29, 0.717) is 18.0 Å². The van der Waals surface area contributed by atoms with E-state index in [1.54, 1.807) is 11.6 Å². The molecule has 1 N–H and O–H groups in total. The fourth-order valence-electron chi connectivity index (χ4n) is 1.72. The molecular formula is C11H14BrN3O2. The molecular weight excluding hydrogens is 286 g/mol. The van der Waals surface area contributed by atoms with E-state index in [-0.39, 0.29) is 0 Å². The molecule has 0 aromatic carbocycles. The van der Waals surface area contributed by atoms with E-state index in [1.807, 2.05) is 14.0 Å². The Bertz CT molecular complexity index is 533. The molecule has 0 saturated heterocycles. The van der Waals surface area contributed by atoms with Crippen molar-refractivity contribution < 1.29 is 9.52 Å². The van der Waals surface area contributed by atoms with Gasteiger partial charge in [0.05, 0.1) is 15.9 Å². The molecule has 2 aromatic heterocycles. The average Bonchev–Trinajstić information content (AvgIpc) is 2.79. The van der Waals surface area contributed by atoms with Crippen molar-refractivity contribution in [2.24, 2.45) is 7.05 Å². The first-order chi connectivity index (χ1) is 7.99. The molecule has 92 valence electrons. The highest BCUT2D eigenvalue weighted by molar-refractivity contribution is 9.10. The number of nitrogens with zero attached hydrogens (tertiary/aromatic N) is 3. The third-order valence-electron chi connectivity index (χ3n) is 2.63. The van der Waals surface area contributed by atoms with E-state index in [1.165, 1.54) is 6.26 Å². The number of aliphatic hydroxyl groups excluding tert-OH is 1. The molecule has 0 aliphatic rings. The molecule has 0 fully saturated rings. The summed E-state index contributed by atoms with van der Waals surface area (Å²) in [6.07, 6.45) is 1.25. The summed E-state index contributed by atoms with van der Waals surface area (Å²) < 4.78 is 7.77. The van der Waals surface area contributed by atoms with Gasteiger partial charge in [-0.15, -0.1) is 0 Å². The van der Waals surface area contributed by atoms with Crippen LogP contribution >= 0.6 is 15.9 Å². The van der Waals surface area contributed by atoms with Crippen LogP contribution in [0.3, 0.4) is 0 Å². The summed E-state index contributed by atoms with van der Waals surface area (Å²) in [5.41, 5.74) is 2.40. The molecule has 0 aliphatic carbocycles. The van der Waals surface area contributed by atoms with Gasteiger partial charge >= 0.3 is 0 Å². The number of oxazole rings is 1. The second-order valence-corrected chi connectivity index (χ2v) is 4.77. The molecule has 0 saturated carbocycles. The third kappa shape index (κ3) is 2.42. The zero-order valence-corrected chi connectivity index (χ0v) is 11.5. The molecule has 1 unspecified atom stereocenters. The van der Waals surface area contributed by atoms with Crippen molar-refractivity contribution in [2.75, 3.05) is 0 Å². The van der Waals surface area contributed by atoms with Crippen LogP contribution in [0.1, 0.15) is 29.1 Å². The zero-order chi connectivity index (χ0) is 12.6. The van der Waals surface area contributed by atoms with Crippen molar-refractivity contribution >= 4 is 15.9 Å².